The topological polar surface area (TPSA) is 139 Å². The van der Waals surface area contributed by atoms with Gasteiger partial charge in [-0.15, -0.1) is 0 Å². The predicted molar refractivity (Wildman–Crippen MR) is 234 cm³/mol. The summed E-state index contributed by atoms with van der Waals surface area (Å²) in [5, 5.41) is 16.6. The first-order valence-corrected chi connectivity index (χ1v) is 23.6. The van der Waals surface area contributed by atoms with Crippen LogP contribution in [0.2, 0.25) is 0 Å². The molecule has 0 radical (unpaired) electrons. The molecule has 4 aliphatic heterocycles. The van der Waals surface area contributed by atoms with Gasteiger partial charge in [0, 0.05) is 87.3 Å². The van der Waals surface area contributed by atoms with Gasteiger partial charge in [0.05, 0.1) is 57.1 Å². The molecule has 4 heterocycles. The zero-order chi connectivity index (χ0) is 41.6. The summed E-state index contributed by atoms with van der Waals surface area (Å²) in [7, 11) is 0.472. The van der Waals surface area contributed by atoms with E-state index in [0.717, 1.165) is 24.2 Å². The highest BCUT2D eigenvalue weighted by Gasteiger charge is 2.41. The van der Waals surface area contributed by atoms with Gasteiger partial charge in [-0.1, -0.05) is 60.7 Å². The number of aliphatic hydroxyl groups excluding tert-OH is 1. The van der Waals surface area contributed by atoms with Gasteiger partial charge in [-0.2, -0.15) is 0 Å². The molecular formula is C47H57N4O8P. The van der Waals surface area contributed by atoms with Crippen LogP contribution in [0.4, 0.5) is 11.4 Å². The van der Waals surface area contributed by atoms with Crippen LogP contribution in [0.25, 0.3) is 0 Å². The maximum atomic E-state index is 14.2. The van der Waals surface area contributed by atoms with Crippen LogP contribution in [0.3, 0.4) is 0 Å². The third-order valence-corrected chi connectivity index (χ3v) is 16.1. The Hall–Kier alpha value is -5.19. The van der Waals surface area contributed by atoms with Crippen LogP contribution >= 0.6 is 7.14 Å². The minimum absolute atomic E-state index is 0.0120. The number of nitrogens with zero attached hydrogens (tertiary/aromatic N) is 2. The monoisotopic (exact) mass is 836 g/mol. The SMILES string of the molecule is COc1cc2c(cc1OCCCP(=O)(CCCO)CCCOc1cc3c(cc1OC)C(=O)N1CC(c4ccccc4)C[C@H]1CN3)NC[C@@H]1CC(c3ccccc3)CN1C2=O. The number of fused-ring (bicyclic) bond motifs is 4. The van der Waals surface area contributed by atoms with E-state index in [1.165, 1.54) is 11.1 Å². The molecule has 4 aliphatic rings. The van der Waals surface area contributed by atoms with Crippen LogP contribution < -0.4 is 29.6 Å². The number of nitrogens with one attached hydrogen (secondary N) is 2. The first-order chi connectivity index (χ1) is 29.3. The summed E-state index contributed by atoms with van der Waals surface area (Å²) in [6, 6.07) is 28.2. The molecule has 0 bridgehead atoms. The Kier molecular flexibility index (Phi) is 12.9. The van der Waals surface area contributed by atoms with Crippen molar-refractivity contribution < 1.29 is 38.2 Å². The number of benzene rings is 4. The van der Waals surface area contributed by atoms with Gasteiger partial charge < -0.3 is 49.1 Å². The van der Waals surface area contributed by atoms with Crippen LogP contribution in [-0.2, 0) is 4.57 Å². The van der Waals surface area contributed by atoms with Gasteiger partial charge in [0.15, 0.2) is 23.0 Å². The zero-order valence-electron chi connectivity index (χ0n) is 34.6. The lowest BCUT2D eigenvalue weighted by molar-refractivity contribution is 0.0740. The third kappa shape index (κ3) is 8.96. The van der Waals surface area contributed by atoms with E-state index in [0.29, 0.717) is 123 Å². The molecule has 2 fully saturated rings. The van der Waals surface area contributed by atoms with Crippen LogP contribution in [0.1, 0.15) is 75.8 Å². The van der Waals surface area contributed by atoms with Gasteiger partial charge in [0.1, 0.15) is 0 Å². The fourth-order valence-electron chi connectivity index (χ4n) is 9.49. The second-order valence-corrected chi connectivity index (χ2v) is 19.9. The van der Waals surface area contributed by atoms with Gasteiger partial charge in [0.2, 0.25) is 0 Å². The van der Waals surface area contributed by atoms with Gasteiger partial charge in [-0.05, 0) is 55.4 Å². The molecular weight excluding hydrogens is 780 g/mol. The Labute approximate surface area is 352 Å². The summed E-state index contributed by atoms with van der Waals surface area (Å²) in [5.41, 5.74) is 5.09. The molecule has 8 rings (SSSR count). The summed E-state index contributed by atoms with van der Waals surface area (Å²) in [4.78, 5) is 31.6. The molecule has 13 heteroatoms. The Morgan fingerprint density at radius 1 is 0.633 bits per heavy atom. The molecule has 0 aromatic heterocycles. The number of carbonyl (C=O) groups is 2. The molecule has 2 amide bonds. The van der Waals surface area contributed by atoms with Crippen molar-refractivity contribution >= 4 is 30.3 Å². The average Bonchev–Trinajstić information content (AvgIpc) is 3.86. The van der Waals surface area contributed by atoms with Crippen LogP contribution in [0.15, 0.2) is 84.9 Å². The van der Waals surface area contributed by atoms with E-state index in [1.54, 1.807) is 26.4 Å². The smallest absolute Gasteiger partial charge is 0.256 e. The largest absolute Gasteiger partial charge is 0.493 e. The second-order valence-electron chi connectivity index (χ2n) is 16.5. The number of anilines is 2. The first-order valence-electron chi connectivity index (χ1n) is 21.3. The summed E-state index contributed by atoms with van der Waals surface area (Å²) in [5.74, 6) is 2.59. The fraction of sp³-hybridized carbons (Fsp3) is 0.447. The maximum Gasteiger partial charge on any atom is 0.256 e. The number of methoxy groups -OCH3 is 2. The highest BCUT2D eigenvalue weighted by molar-refractivity contribution is 7.63. The van der Waals surface area contributed by atoms with Crippen molar-refractivity contribution in [3.63, 3.8) is 0 Å². The standard InChI is InChI=1S/C47H57N4O8P/c1-56-42-24-38-40(48-28-36-22-34(30-50(36)46(38)53)32-12-5-3-6-13-32)26-44(42)58-17-10-20-60(55,19-9-16-52)21-11-18-59-45-27-41-39(25-43(45)57-2)47(54)51-31-35(23-37(51)29-49-41)33-14-7-4-8-15-33/h3-8,12-15,24-27,34-37,48-49,52H,9-11,16-23,28-31H2,1-2H3/t34?,35?,36-,37-,60?/m0/s1. The maximum absolute atomic E-state index is 14.2. The summed E-state index contributed by atoms with van der Waals surface area (Å²) in [6.07, 6.45) is 4.74. The molecule has 4 aromatic rings. The molecule has 12 nitrogen and oxygen atoms in total. The highest BCUT2D eigenvalue weighted by atomic mass is 31.2. The Bertz CT molecular complexity index is 2040. The Morgan fingerprint density at radius 2 is 1.07 bits per heavy atom. The summed E-state index contributed by atoms with van der Waals surface area (Å²) >= 11 is 0. The third-order valence-electron chi connectivity index (χ3n) is 12.7. The van der Waals surface area contributed by atoms with E-state index in [4.69, 9.17) is 18.9 Å². The van der Waals surface area contributed by atoms with Crippen molar-refractivity contribution in [3.8, 4) is 23.0 Å². The van der Waals surface area contributed by atoms with Crippen LogP contribution in [-0.4, -0.2) is 118 Å². The van der Waals surface area contributed by atoms with E-state index < -0.39 is 7.14 Å². The number of carbonyl (C=O) groups excluding carboxylic acids is 2. The summed E-state index contributed by atoms with van der Waals surface area (Å²) < 4.78 is 38.1. The van der Waals surface area contributed by atoms with E-state index in [2.05, 4.69) is 34.9 Å². The van der Waals surface area contributed by atoms with E-state index in [-0.39, 0.29) is 30.5 Å². The molecule has 60 heavy (non-hydrogen) atoms. The quantitative estimate of drug-likeness (QED) is 0.0723. The van der Waals surface area contributed by atoms with Crippen molar-refractivity contribution in [2.75, 3.05) is 89.3 Å². The molecule has 0 aliphatic carbocycles. The van der Waals surface area contributed by atoms with Crippen molar-refractivity contribution in [3.05, 3.63) is 107 Å². The molecule has 0 spiro atoms. The summed E-state index contributed by atoms with van der Waals surface area (Å²) in [6.45, 7) is 3.26. The molecule has 4 aromatic carbocycles. The normalized spacial score (nSPS) is 21.6. The first kappa shape index (κ1) is 41.5. The Morgan fingerprint density at radius 3 is 1.48 bits per heavy atom. The van der Waals surface area contributed by atoms with Crippen molar-refractivity contribution in [2.24, 2.45) is 0 Å². The molecule has 0 saturated carbocycles. The van der Waals surface area contributed by atoms with E-state index in [1.807, 2.05) is 58.3 Å². The number of aliphatic hydroxyl groups is 1. The van der Waals surface area contributed by atoms with Crippen LogP contribution in [0.5, 0.6) is 23.0 Å². The number of rotatable bonds is 17. The average molecular weight is 837 g/mol. The highest BCUT2D eigenvalue weighted by Crippen LogP contribution is 2.48. The molecule has 318 valence electrons. The van der Waals surface area contributed by atoms with E-state index in [9.17, 15) is 19.3 Å². The predicted octanol–water partition coefficient (Wildman–Crippen LogP) is 7.53. The van der Waals surface area contributed by atoms with Crippen LogP contribution in [0, 0.1) is 0 Å². The molecule has 4 atom stereocenters. The number of ether oxygens (including phenoxy) is 4. The lowest BCUT2D eigenvalue weighted by Crippen LogP contribution is -2.37. The minimum atomic E-state index is -2.67. The second kappa shape index (κ2) is 18.6. The minimum Gasteiger partial charge on any atom is -0.493 e. The fourth-order valence-corrected chi connectivity index (χ4v) is 12.3. The lowest BCUT2D eigenvalue weighted by atomic mass is 9.96. The van der Waals surface area contributed by atoms with Crippen molar-refractivity contribution in [1.29, 1.82) is 0 Å². The van der Waals surface area contributed by atoms with Gasteiger partial charge >= 0.3 is 0 Å². The van der Waals surface area contributed by atoms with Gasteiger partial charge in [-0.3, -0.25) is 9.59 Å². The molecule has 2 unspecified atom stereocenters. The Balaban J connectivity index is 0.847. The van der Waals surface area contributed by atoms with E-state index >= 15 is 0 Å². The van der Waals surface area contributed by atoms with Gasteiger partial charge in [0.25, 0.3) is 11.8 Å². The zero-order valence-corrected chi connectivity index (χ0v) is 35.5. The number of hydrogen-bond acceptors (Lipinski definition) is 10. The number of hydrogen-bond donors (Lipinski definition) is 3. The van der Waals surface area contributed by atoms with Gasteiger partial charge in [-0.25, -0.2) is 0 Å². The molecule has 2 saturated heterocycles. The van der Waals surface area contributed by atoms with Crippen molar-refractivity contribution in [1.82, 2.24) is 9.80 Å². The molecule has 3 N–H and O–H groups in total. The van der Waals surface area contributed by atoms with Crippen molar-refractivity contribution in [2.45, 2.75) is 56.0 Å². The lowest BCUT2D eigenvalue weighted by Gasteiger charge is -2.22. The number of amides is 2.